The molecule has 1 aliphatic carbocycles. The van der Waals surface area contributed by atoms with Crippen molar-refractivity contribution >= 4 is 5.91 Å². The van der Waals surface area contributed by atoms with Gasteiger partial charge in [0, 0.05) is 43.3 Å². The molecule has 1 amide bonds. The number of nitrogens with zero attached hydrogens (tertiary/aromatic N) is 5. The van der Waals surface area contributed by atoms with Gasteiger partial charge >= 0.3 is 0 Å². The maximum Gasteiger partial charge on any atom is 0.249 e. The van der Waals surface area contributed by atoms with Gasteiger partial charge in [-0.2, -0.15) is 0 Å². The van der Waals surface area contributed by atoms with Crippen LogP contribution in [0.1, 0.15) is 49.5 Å². The Morgan fingerprint density at radius 1 is 1.00 bits per heavy atom. The quantitative estimate of drug-likeness (QED) is 0.840. The van der Waals surface area contributed by atoms with Crippen molar-refractivity contribution in [2.75, 3.05) is 6.61 Å². The molecule has 136 valence electrons. The van der Waals surface area contributed by atoms with Crippen LogP contribution in [0, 0.1) is 11.8 Å². The van der Waals surface area contributed by atoms with E-state index in [4.69, 9.17) is 4.84 Å². The molecule has 1 aliphatic heterocycles. The van der Waals surface area contributed by atoms with E-state index in [0.717, 1.165) is 49.9 Å². The lowest BCUT2D eigenvalue weighted by Crippen LogP contribution is -2.37. The molecular formula is C19H23N5O2. The van der Waals surface area contributed by atoms with Gasteiger partial charge in [-0.3, -0.25) is 29.6 Å². The summed E-state index contributed by atoms with van der Waals surface area (Å²) < 4.78 is 0. The zero-order chi connectivity index (χ0) is 17.8. The Labute approximate surface area is 152 Å². The van der Waals surface area contributed by atoms with Crippen molar-refractivity contribution in [3.8, 4) is 0 Å². The summed E-state index contributed by atoms with van der Waals surface area (Å²) in [7, 11) is 0. The monoisotopic (exact) mass is 353 g/mol. The van der Waals surface area contributed by atoms with Crippen LogP contribution in [0.3, 0.4) is 0 Å². The third-order valence-electron chi connectivity index (χ3n) is 5.36. The molecule has 0 radical (unpaired) electrons. The Hall–Kier alpha value is -2.41. The van der Waals surface area contributed by atoms with Gasteiger partial charge in [-0.15, -0.1) is 0 Å². The van der Waals surface area contributed by atoms with Gasteiger partial charge in [0.25, 0.3) is 0 Å². The third-order valence-corrected chi connectivity index (χ3v) is 5.36. The maximum absolute atomic E-state index is 13.0. The van der Waals surface area contributed by atoms with Crippen LogP contribution in [-0.2, 0) is 16.1 Å². The molecule has 1 saturated heterocycles. The Morgan fingerprint density at radius 3 is 2.46 bits per heavy atom. The number of hydroxylamine groups is 2. The minimum atomic E-state index is -0.117. The third kappa shape index (κ3) is 3.72. The predicted octanol–water partition coefficient (Wildman–Crippen LogP) is 2.52. The first-order chi connectivity index (χ1) is 12.8. The van der Waals surface area contributed by atoms with E-state index >= 15 is 0 Å². The highest BCUT2D eigenvalue weighted by Gasteiger charge is 2.37. The van der Waals surface area contributed by atoms with Gasteiger partial charge in [0.1, 0.15) is 6.04 Å². The molecule has 7 nitrogen and oxygen atoms in total. The molecule has 2 aliphatic rings. The molecule has 1 atom stereocenters. The molecule has 2 fully saturated rings. The first kappa shape index (κ1) is 17.0. The zero-order valence-corrected chi connectivity index (χ0v) is 14.7. The van der Waals surface area contributed by atoms with E-state index in [0.29, 0.717) is 12.5 Å². The summed E-state index contributed by atoms with van der Waals surface area (Å²) in [5.41, 5.74) is 1.84. The predicted molar refractivity (Wildman–Crippen MR) is 93.4 cm³/mol. The highest BCUT2D eigenvalue weighted by molar-refractivity contribution is 5.78. The molecule has 2 aromatic heterocycles. The SMILES string of the molecule is O=C(C1CCC(Cc2cnccn2)CC1)N1OCC[C@H]1c1cnccn1. The van der Waals surface area contributed by atoms with Crippen LogP contribution in [0.15, 0.2) is 37.2 Å². The maximum atomic E-state index is 13.0. The van der Waals surface area contributed by atoms with Crippen molar-refractivity contribution in [2.45, 2.75) is 44.6 Å². The molecule has 1 saturated carbocycles. The summed E-state index contributed by atoms with van der Waals surface area (Å²) in [6.07, 6.45) is 15.9. The Balaban J connectivity index is 1.34. The lowest BCUT2D eigenvalue weighted by atomic mass is 9.79. The highest BCUT2D eigenvalue weighted by Crippen LogP contribution is 2.36. The second-order valence-corrected chi connectivity index (χ2v) is 7.05. The molecule has 26 heavy (non-hydrogen) atoms. The number of hydrogen-bond acceptors (Lipinski definition) is 6. The Bertz CT molecular complexity index is 719. The van der Waals surface area contributed by atoms with Crippen molar-refractivity contribution in [2.24, 2.45) is 11.8 Å². The summed E-state index contributed by atoms with van der Waals surface area (Å²) in [4.78, 5) is 35.6. The average molecular weight is 353 g/mol. The fourth-order valence-corrected chi connectivity index (χ4v) is 3.96. The van der Waals surface area contributed by atoms with Crippen LogP contribution in [0.5, 0.6) is 0 Å². The van der Waals surface area contributed by atoms with Crippen molar-refractivity contribution < 1.29 is 9.63 Å². The van der Waals surface area contributed by atoms with Crippen LogP contribution in [0.2, 0.25) is 0 Å². The fraction of sp³-hybridized carbons (Fsp3) is 0.526. The normalized spacial score (nSPS) is 26.0. The standard InChI is InChI=1S/C19H23N5O2/c25-19(24-18(5-10-26-24)17-13-21-7-9-23-17)15-3-1-14(2-4-15)11-16-12-20-6-8-22-16/h6-9,12-15,18H,1-5,10-11H2/t14?,15?,18-/m0/s1. The van der Waals surface area contributed by atoms with Crippen LogP contribution < -0.4 is 0 Å². The van der Waals surface area contributed by atoms with E-state index in [1.807, 2.05) is 6.20 Å². The summed E-state index contributed by atoms with van der Waals surface area (Å²) in [5.74, 6) is 0.701. The molecule has 7 heteroatoms. The minimum Gasteiger partial charge on any atom is -0.272 e. The van der Waals surface area contributed by atoms with Gasteiger partial charge in [0.15, 0.2) is 0 Å². The molecule has 4 rings (SSSR count). The topological polar surface area (TPSA) is 81.1 Å². The Morgan fingerprint density at radius 2 is 1.77 bits per heavy atom. The van der Waals surface area contributed by atoms with E-state index in [1.165, 1.54) is 0 Å². The second kappa shape index (κ2) is 7.86. The van der Waals surface area contributed by atoms with E-state index in [-0.39, 0.29) is 17.9 Å². The summed E-state index contributed by atoms with van der Waals surface area (Å²) in [5, 5.41) is 1.55. The fourth-order valence-electron chi connectivity index (χ4n) is 3.96. The second-order valence-electron chi connectivity index (χ2n) is 7.05. The van der Waals surface area contributed by atoms with E-state index < -0.39 is 0 Å². The zero-order valence-electron chi connectivity index (χ0n) is 14.7. The number of aromatic nitrogens is 4. The molecule has 0 spiro atoms. The van der Waals surface area contributed by atoms with E-state index in [9.17, 15) is 4.79 Å². The van der Waals surface area contributed by atoms with Crippen molar-refractivity contribution in [3.63, 3.8) is 0 Å². The van der Waals surface area contributed by atoms with E-state index in [1.54, 1.807) is 36.0 Å². The van der Waals surface area contributed by atoms with Gasteiger partial charge in [-0.1, -0.05) is 0 Å². The van der Waals surface area contributed by atoms with Gasteiger partial charge in [-0.05, 0) is 38.0 Å². The van der Waals surface area contributed by atoms with Gasteiger partial charge in [0.05, 0.1) is 24.2 Å². The highest BCUT2D eigenvalue weighted by atomic mass is 16.7. The largest absolute Gasteiger partial charge is 0.272 e. The van der Waals surface area contributed by atoms with Gasteiger partial charge < -0.3 is 0 Å². The summed E-state index contributed by atoms with van der Waals surface area (Å²) in [6, 6.07) is -0.117. The van der Waals surface area contributed by atoms with Crippen LogP contribution in [0.4, 0.5) is 0 Å². The molecule has 0 N–H and O–H groups in total. The number of amides is 1. The van der Waals surface area contributed by atoms with Gasteiger partial charge in [0.2, 0.25) is 5.91 Å². The number of hydrogen-bond donors (Lipinski definition) is 0. The van der Waals surface area contributed by atoms with Crippen LogP contribution in [0.25, 0.3) is 0 Å². The van der Waals surface area contributed by atoms with Crippen LogP contribution in [-0.4, -0.2) is 37.5 Å². The molecular weight excluding hydrogens is 330 g/mol. The molecule has 3 heterocycles. The number of carbonyl (C=O) groups excluding carboxylic acids is 1. The number of carbonyl (C=O) groups is 1. The molecule has 0 aromatic carbocycles. The summed E-state index contributed by atoms with van der Waals surface area (Å²) >= 11 is 0. The lowest BCUT2D eigenvalue weighted by Gasteiger charge is -2.31. The first-order valence-electron chi connectivity index (χ1n) is 9.28. The van der Waals surface area contributed by atoms with Crippen LogP contribution >= 0.6 is 0 Å². The molecule has 0 unspecified atom stereocenters. The molecule has 2 aromatic rings. The molecule has 0 bridgehead atoms. The smallest absolute Gasteiger partial charge is 0.249 e. The first-order valence-corrected chi connectivity index (χ1v) is 9.28. The number of rotatable bonds is 4. The Kier molecular flexibility index (Phi) is 5.15. The average Bonchev–Trinajstić information content (AvgIpc) is 3.19. The minimum absolute atomic E-state index is 0.0328. The van der Waals surface area contributed by atoms with Crippen molar-refractivity contribution in [1.29, 1.82) is 0 Å². The van der Waals surface area contributed by atoms with Gasteiger partial charge in [-0.25, -0.2) is 5.06 Å². The summed E-state index contributed by atoms with van der Waals surface area (Å²) in [6.45, 7) is 0.551. The van der Waals surface area contributed by atoms with E-state index in [2.05, 4.69) is 19.9 Å². The van der Waals surface area contributed by atoms with Crippen molar-refractivity contribution in [3.05, 3.63) is 48.6 Å². The lowest BCUT2D eigenvalue weighted by molar-refractivity contribution is -0.183. The van der Waals surface area contributed by atoms with Crippen molar-refractivity contribution in [1.82, 2.24) is 25.0 Å².